The van der Waals surface area contributed by atoms with Crippen LogP contribution in [-0.4, -0.2) is 33.7 Å². The summed E-state index contributed by atoms with van der Waals surface area (Å²) in [5.74, 6) is -0.491. The average molecular weight is 364 g/mol. The van der Waals surface area contributed by atoms with Gasteiger partial charge in [0, 0.05) is 18.5 Å². The van der Waals surface area contributed by atoms with Gasteiger partial charge in [-0.2, -0.15) is 0 Å². The molecule has 25 heavy (non-hydrogen) atoms. The molecule has 0 aliphatic heterocycles. The van der Waals surface area contributed by atoms with Gasteiger partial charge in [-0.25, -0.2) is 12.8 Å². The highest BCUT2D eigenvalue weighted by atomic mass is 32.2. The first-order chi connectivity index (χ1) is 11.8. The molecule has 0 spiro atoms. The molecule has 1 amide bonds. The van der Waals surface area contributed by atoms with Crippen molar-refractivity contribution in [3.8, 4) is 0 Å². The van der Waals surface area contributed by atoms with Crippen molar-refractivity contribution in [2.24, 2.45) is 0 Å². The Labute approximate surface area is 147 Å². The lowest BCUT2D eigenvalue weighted by Gasteiger charge is -2.11. The van der Waals surface area contributed by atoms with E-state index < -0.39 is 9.84 Å². The zero-order valence-corrected chi connectivity index (χ0v) is 15.0. The number of carbonyl (C=O) groups is 1. The Morgan fingerprint density at radius 2 is 1.80 bits per heavy atom. The van der Waals surface area contributed by atoms with Crippen LogP contribution in [0.15, 0.2) is 47.4 Å². The van der Waals surface area contributed by atoms with Gasteiger partial charge in [-0.15, -0.1) is 0 Å². The van der Waals surface area contributed by atoms with Crippen LogP contribution in [0.3, 0.4) is 0 Å². The molecule has 2 N–H and O–H groups in total. The third-order valence-electron chi connectivity index (χ3n) is 3.73. The molecule has 2 aromatic carbocycles. The summed E-state index contributed by atoms with van der Waals surface area (Å²) >= 11 is 0. The second-order valence-electron chi connectivity index (χ2n) is 5.83. The first-order valence-electron chi connectivity index (χ1n) is 7.81. The number of amides is 1. The maximum Gasteiger partial charge on any atom is 0.239 e. The minimum atomic E-state index is -3.30. The Bertz CT molecular complexity index is 849. The summed E-state index contributed by atoms with van der Waals surface area (Å²) in [7, 11) is -3.30. The van der Waals surface area contributed by atoms with E-state index >= 15 is 0 Å². The number of benzene rings is 2. The molecule has 0 saturated heterocycles. The molecule has 2 aromatic rings. The molecule has 0 bridgehead atoms. The molecule has 5 nitrogen and oxygen atoms in total. The maximum absolute atomic E-state index is 12.8. The molecule has 7 heteroatoms. The quantitative estimate of drug-likeness (QED) is 0.791. The average Bonchev–Trinajstić information content (AvgIpc) is 2.55. The van der Waals surface area contributed by atoms with Crippen LogP contribution in [0.5, 0.6) is 0 Å². The molecule has 0 atom stereocenters. The molecule has 134 valence electrons. The molecule has 2 rings (SSSR count). The van der Waals surface area contributed by atoms with E-state index in [4.69, 9.17) is 0 Å². The van der Waals surface area contributed by atoms with Crippen molar-refractivity contribution in [3.63, 3.8) is 0 Å². The number of halogens is 1. The number of nitrogens with one attached hydrogen (secondary N) is 2. The Morgan fingerprint density at radius 1 is 1.12 bits per heavy atom. The third kappa shape index (κ3) is 5.86. The highest BCUT2D eigenvalue weighted by Gasteiger charge is 2.10. The fraction of sp³-hybridized carbons (Fsp3) is 0.278. The second-order valence-corrected chi connectivity index (χ2v) is 7.84. The lowest BCUT2D eigenvalue weighted by atomic mass is 10.1. The van der Waals surface area contributed by atoms with Crippen LogP contribution < -0.4 is 10.6 Å². The normalized spacial score (nSPS) is 11.2. The van der Waals surface area contributed by atoms with Gasteiger partial charge in [0.2, 0.25) is 5.91 Å². The molecule has 0 radical (unpaired) electrons. The molecule has 0 heterocycles. The van der Waals surface area contributed by atoms with Crippen LogP contribution in [0.2, 0.25) is 0 Å². The number of carbonyl (C=O) groups excluding carboxylic acids is 1. The molecule has 0 aliphatic carbocycles. The molecule has 0 saturated carbocycles. The summed E-state index contributed by atoms with van der Waals surface area (Å²) in [6.45, 7) is 2.31. The Morgan fingerprint density at radius 3 is 2.44 bits per heavy atom. The fourth-order valence-electron chi connectivity index (χ4n) is 2.26. The highest BCUT2D eigenvalue weighted by molar-refractivity contribution is 7.90. The Balaban J connectivity index is 1.84. The molecule has 0 unspecified atom stereocenters. The van der Waals surface area contributed by atoms with Crippen molar-refractivity contribution in [2.75, 3.05) is 24.7 Å². The largest absolute Gasteiger partial charge is 0.376 e. The van der Waals surface area contributed by atoms with E-state index in [9.17, 15) is 17.6 Å². The van der Waals surface area contributed by atoms with Gasteiger partial charge in [-0.1, -0.05) is 18.2 Å². The maximum atomic E-state index is 12.8. The van der Waals surface area contributed by atoms with E-state index in [0.717, 1.165) is 17.4 Å². The first kappa shape index (κ1) is 18.9. The summed E-state index contributed by atoms with van der Waals surface area (Å²) < 4.78 is 36.0. The van der Waals surface area contributed by atoms with Gasteiger partial charge in [0.15, 0.2) is 9.84 Å². The SMILES string of the molecule is Cc1ccc(S(C)(=O)=O)cc1NCC(=O)NCCc1ccc(F)cc1. The van der Waals surface area contributed by atoms with Crippen LogP contribution in [0.4, 0.5) is 10.1 Å². The minimum Gasteiger partial charge on any atom is -0.376 e. The topological polar surface area (TPSA) is 75.3 Å². The van der Waals surface area contributed by atoms with Crippen LogP contribution in [0.25, 0.3) is 0 Å². The number of anilines is 1. The second kappa shape index (κ2) is 8.11. The standard InChI is InChI=1S/C18H21FN2O3S/c1-13-3-8-16(25(2,23)24)11-17(13)21-12-18(22)20-10-9-14-4-6-15(19)7-5-14/h3-8,11,21H,9-10,12H2,1-2H3,(H,20,22). The fourth-order valence-corrected chi connectivity index (χ4v) is 2.90. The van der Waals surface area contributed by atoms with E-state index in [1.165, 1.54) is 18.2 Å². The number of hydrogen-bond donors (Lipinski definition) is 2. The Kier molecular flexibility index (Phi) is 6.14. The monoisotopic (exact) mass is 364 g/mol. The lowest BCUT2D eigenvalue weighted by molar-refractivity contribution is -0.119. The van der Waals surface area contributed by atoms with E-state index in [-0.39, 0.29) is 23.2 Å². The van der Waals surface area contributed by atoms with Crippen LogP contribution >= 0.6 is 0 Å². The summed E-state index contributed by atoms with van der Waals surface area (Å²) in [6, 6.07) is 10.9. The Hall–Kier alpha value is -2.41. The first-order valence-corrected chi connectivity index (χ1v) is 9.70. The smallest absolute Gasteiger partial charge is 0.239 e. The lowest BCUT2D eigenvalue weighted by Crippen LogP contribution is -2.31. The molecular weight excluding hydrogens is 343 g/mol. The van der Waals surface area contributed by atoms with Gasteiger partial charge in [-0.3, -0.25) is 4.79 Å². The van der Waals surface area contributed by atoms with Gasteiger partial charge < -0.3 is 10.6 Å². The summed E-state index contributed by atoms with van der Waals surface area (Å²) in [5, 5.41) is 5.72. The molecule has 0 aromatic heterocycles. The van der Waals surface area contributed by atoms with Crippen molar-refractivity contribution in [1.82, 2.24) is 5.32 Å². The van der Waals surface area contributed by atoms with Gasteiger partial charge in [0.25, 0.3) is 0 Å². The van der Waals surface area contributed by atoms with E-state index in [0.29, 0.717) is 18.7 Å². The number of sulfone groups is 1. The third-order valence-corrected chi connectivity index (χ3v) is 4.84. The molecule has 0 aliphatic rings. The number of hydrogen-bond acceptors (Lipinski definition) is 4. The van der Waals surface area contributed by atoms with Crippen molar-refractivity contribution in [3.05, 3.63) is 59.4 Å². The van der Waals surface area contributed by atoms with E-state index in [1.807, 2.05) is 6.92 Å². The zero-order valence-electron chi connectivity index (χ0n) is 14.2. The van der Waals surface area contributed by atoms with Gasteiger partial charge >= 0.3 is 0 Å². The van der Waals surface area contributed by atoms with E-state index in [1.54, 1.807) is 24.3 Å². The predicted octanol–water partition coefficient (Wildman–Crippen LogP) is 2.31. The summed E-state index contributed by atoms with van der Waals surface area (Å²) in [5.41, 5.74) is 2.40. The summed E-state index contributed by atoms with van der Waals surface area (Å²) in [4.78, 5) is 12.1. The highest BCUT2D eigenvalue weighted by Crippen LogP contribution is 2.19. The zero-order chi connectivity index (χ0) is 18.4. The van der Waals surface area contributed by atoms with Crippen LogP contribution in [0, 0.1) is 12.7 Å². The van der Waals surface area contributed by atoms with Gasteiger partial charge in [0.1, 0.15) is 5.82 Å². The van der Waals surface area contributed by atoms with Crippen LogP contribution in [0.1, 0.15) is 11.1 Å². The molecule has 0 fully saturated rings. The van der Waals surface area contributed by atoms with Gasteiger partial charge in [0.05, 0.1) is 11.4 Å². The van der Waals surface area contributed by atoms with Crippen molar-refractivity contribution in [2.45, 2.75) is 18.2 Å². The number of aryl methyl sites for hydroxylation is 1. The predicted molar refractivity (Wildman–Crippen MR) is 95.9 cm³/mol. The van der Waals surface area contributed by atoms with Crippen molar-refractivity contribution >= 4 is 21.4 Å². The molecular formula is C18H21FN2O3S. The number of rotatable bonds is 7. The van der Waals surface area contributed by atoms with Crippen molar-refractivity contribution < 1.29 is 17.6 Å². The minimum absolute atomic E-state index is 0.0392. The van der Waals surface area contributed by atoms with Gasteiger partial charge in [-0.05, 0) is 48.7 Å². The van der Waals surface area contributed by atoms with Crippen LogP contribution in [-0.2, 0) is 21.1 Å². The summed E-state index contributed by atoms with van der Waals surface area (Å²) in [6.07, 6.45) is 1.75. The van der Waals surface area contributed by atoms with Crippen molar-refractivity contribution in [1.29, 1.82) is 0 Å². The van der Waals surface area contributed by atoms with E-state index in [2.05, 4.69) is 10.6 Å².